The lowest BCUT2D eigenvalue weighted by Gasteiger charge is -2.13. The van der Waals surface area contributed by atoms with Crippen molar-refractivity contribution in [2.75, 3.05) is 17.2 Å². The minimum absolute atomic E-state index is 0.237. The summed E-state index contributed by atoms with van der Waals surface area (Å²) in [6, 6.07) is 15.9. The topological polar surface area (TPSA) is 66.9 Å². The van der Waals surface area contributed by atoms with Crippen molar-refractivity contribution in [1.29, 1.82) is 0 Å². The molecular formula is C22H24N4O. The molecule has 0 aliphatic carbocycles. The first-order valence-electron chi connectivity index (χ1n) is 9.03. The van der Waals surface area contributed by atoms with Crippen LogP contribution in [0, 0.1) is 20.8 Å². The number of nitrogens with one attached hydrogen (secondary N) is 2. The zero-order chi connectivity index (χ0) is 19.2. The first-order valence-corrected chi connectivity index (χ1v) is 9.03. The summed E-state index contributed by atoms with van der Waals surface area (Å²) in [4.78, 5) is 21.2. The van der Waals surface area contributed by atoms with Gasteiger partial charge < -0.3 is 10.6 Å². The molecule has 0 fully saturated rings. The lowest BCUT2D eigenvalue weighted by Crippen LogP contribution is -2.17. The van der Waals surface area contributed by atoms with Crippen LogP contribution in [-0.4, -0.2) is 22.4 Å². The highest BCUT2D eigenvalue weighted by Crippen LogP contribution is 2.22. The van der Waals surface area contributed by atoms with E-state index < -0.39 is 0 Å². The first kappa shape index (κ1) is 18.6. The number of benzene rings is 2. The summed E-state index contributed by atoms with van der Waals surface area (Å²) in [6.45, 7) is 6.73. The zero-order valence-corrected chi connectivity index (χ0v) is 15.9. The molecule has 0 aliphatic rings. The monoisotopic (exact) mass is 360 g/mol. The quantitative estimate of drug-likeness (QED) is 0.687. The van der Waals surface area contributed by atoms with E-state index >= 15 is 0 Å². The number of nitrogens with zero attached hydrogens (tertiary/aromatic N) is 2. The van der Waals surface area contributed by atoms with Crippen LogP contribution in [0.3, 0.4) is 0 Å². The van der Waals surface area contributed by atoms with Crippen molar-refractivity contribution in [3.05, 3.63) is 82.7 Å². The highest BCUT2D eigenvalue weighted by molar-refractivity contribution is 6.03. The number of aryl methyl sites for hydroxylation is 3. The van der Waals surface area contributed by atoms with Crippen molar-refractivity contribution in [2.24, 2.45) is 0 Å². The smallest absolute Gasteiger partial charge is 0.274 e. The molecule has 27 heavy (non-hydrogen) atoms. The van der Waals surface area contributed by atoms with Gasteiger partial charge in [-0.05, 0) is 49.9 Å². The van der Waals surface area contributed by atoms with Crippen LogP contribution < -0.4 is 10.6 Å². The summed E-state index contributed by atoms with van der Waals surface area (Å²) in [5.74, 6) is 0.217. The summed E-state index contributed by atoms with van der Waals surface area (Å²) in [7, 11) is 0. The summed E-state index contributed by atoms with van der Waals surface area (Å²) in [5.41, 5.74) is 5.67. The molecule has 5 nitrogen and oxygen atoms in total. The van der Waals surface area contributed by atoms with E-state index in [1.165, 1.54) is 11.1 Å². The molecule has 3 aromatic rings. The molecule has 0 saturated carbocycles. The number of carbonyl (C=O) groups is 1. The molecule has 0 unspecified atom stereocenters. The fraction of sp³-hybridized carbons (Fsp3) is 0.227. The number of anilines is 2. The molecule has 3 rings (SSSR count). The minimum Gasteiger partial charge on any atom is -0.354 e. The average molecular weight is 360 g/mol. The lowest BCUT2D eigenvalue weighted by atomic mass is 10.1. The number of hydrogen-bond acceptors (Lipinski definition) is 4. The van der Waals surface area contributed by atoms with Crippen LogP contribution in [0.2, 0.25) is 0 Å². The highest BCUT2D eigenvalue weighted by atomic mass is 16.1. The minimum atomic E-state index is -0.237. The van der Waals surface area contributed by atoms with E-state index in [-0.39, 0.29) is 5.91 Å². The van der Waals surface area contributed by atoms with Crippen LogP contribution >= 0.6 is 0 Å². The number of rotatable bonds is 6. The molecule has 1 amide bonds. The SMILES string of the molecule is Cc1cc(C)c(NC(=O)c2ccnc(NCCc3ccccc3)n2)c(C)c1. The molecular weight excluding hydrogens is 336 g/mol. The molecule has 5 heteroatoms. The number of amides is 1. The number of aromatic nitrogens is 2. The largest absolute Gasteiger partial charge is 0.354 e. The summed E-state index contributed by atoms with van der Waals surface area (Å²) in [5, 5.41) is 6.15. The van der Waals surface area contributed by atoms with Gasteiger partial charge in [0.1, 0.15) is 5.69 Å². The second-order valence-electron chi connectivity index (χ2n) is 6.66. The Morgan fingerprint density at radius 2 is 1.70 bits per heavy atom. The molecule has 0 radical (unpaired) electrons. The van der Waals surface area contributed by atoms with Crippen molar-refractivity contribution < 1.29 is 4.79 Å². The fourth-order valence-electron chi connectivity index (χ4n) is 3.09. The first-order chi connectivity index (χ1) is 13.0. The second kappa shape index (κ2) is 8.45. The van der Waals surface area contributed by atoms with Crippen LogP contribution in [-0.2, 0) is 6.42 Å². The van der Waals surface area contributed by atoms with Crippen molar-refractivity contribution in [3.8, 4) is 0 Å². The maximum absolute atomic E-state index is 12.6. The summed E-state index contributed by atoms with van der Waals surface area (Å²) in [6.07, 6.45) is 2.46. The van der Waals surface area contributed by atoms with Gasteiger partial charge in [0.25, 0.3) is 5.91 Å². The van der Waals surface area contributed by atoms with E-state index in [0.717, 1.165) is 23.2 Å². The zero-order valence-electron chi connectivity index (χ0n) is 15.9. The van der Waals surface area contributed by atoms with Crippen molar-refractivity contribution in [3.63, 3.8) is 0 Å². The van der Waals surface area contributed by atoms with E-state index in [9.17, 15) is 4.79 Å². The highest BCUT2D eigenvalue weighted by Gasteiger charge is 2.12. The van der Waals surface area contributed by atoms with Crippen LogP contribution in [0.15, 0.2) is 54.7 Å². The Bertz CT molecular complexity index is 915. The molecule has 138 valence electrons. The van der Waals surface area contributed by atoms with Gasteiger partial charge in [0.15, 0.2) is 0 Å². The predicted molar refractivity (Wildman–Crippen MR) is 109 cm³/mol. The maximum atomic E-state index is 12.6. The predicted octanol–water partition coefficient (Wildman–Crippen LogP) is 4.31. The third-order valence-electron chi connectivity index (χ3n) is 4.34. The van der Waals surface area contributed by atoms with E-state index in [1.807, 2.05) is 39.0 Å². The van der Waals surface area contributed by atoms with Gasteiger partial charge in [-0.1, -0.05) is 48.0 Å². The lowest BCUT2D eigenvalue weighted by molar-refractivity contribution is 0.102. The third-order valence-corrected chi connectivity index (χ3v) is 4.34. The van der Waals surface area contributed by atoms with Crippen LogP contribution in [0.25, 0.3) is 0 Å². The summed E-state index contributed by atoms with van der Waals surface area (Å²) >= 11 is 0. The number of hydrogen-bond donors (Lipinski definition) is 2. The molecule has 2 aromatic carbocycles. The molecule has 0 aliphatic heterocycles. The molecule has 0 spiro atoms. The summed E-state index contributed by atoms with van der Waals surface area (Å²) < 4.78 is 0. The van der Waals surface area contributed by atoms with E-state index in [1.54, 1.807) is 12.3 Å². The third kappa shape index (κ3) is 4.91. The Kier molecular flexibility index (Phi) is 5.81. The van der Waals surface area contributed by atoms with Crippen molar-refractivity contribution in [2.45, 2.75) is 27.2 Å². The van der Waals surface area contributed by atoms with Gasteiger partial charge in [-0.25, -0.2) is 9.97 Å². The van der Waals surface area contributed by atoms with Gasteiger partial charge in [0, 0.05) is 18.4 Å². The van der Waals surface area contributed by atoms with E-state index in [0.29, 0.717) is 18.2 Å². The van der Waals surface area contributed by atoms with Gasteiger partial charge in [-0.2, -0.15) is 0 Å². The Labute approximate surface area is 159 Å². The fourth-order valence-corrected chi connectivity index (χ4v) is 3.09. The molecule has 2 N–H and O–H groups in total. The normalized spacial score (nSPS) is 10.5. The maximum Gasteiger partial charge on any atom is 0.274 e. The molecule has 1 aromatic heterocycles. The van der Waals surface area contributed by atoms with Crippen LogP contribution in [0.4, 0.5) is 11.6 Å². The van der Waals surface area contributed by atoms with Crippen molar-refractivity contribution >= 4 is 17.5 Å². The second-order valence-corrected chi connectivity index (χ2v) is 6.66. The van der Waals surface area contributed by atoms with Crippen LogP contribution in [0.1, 0.15) is 32.7 Å². The van der Waals surface area contributed by atoms with Gasteiger partial charge in [-0.15, -0.1) is 0 Å². The Morgan fingerprint density at radius 3 is 2.41 bits per heavy atom. The van der Waals surface area contributed by atoms with Crippen molar-refractivity contribution in [1.82, 2.24) is 9.97 Å². The molecule has 0 bridgehead atoms. The standard InChI is InChI=1S/C22H24N4O/c1-15-13-16(2)20(17(3)14-15)26-21(27)19-10-12-24-22(25-19)23-11-9-18-7-5-4-6-8-18/h4-8,10,12-14H,9,11H2,1-3H3,(H,26,27)(H,23,24,25). The molecule has 1 heterocycles. The van der Waals surface area contributed by atoms with E-state index in [2.05, 4.69) is 44.9 Å². The van der Waals surface area contributed by atoms with Gasteiger partial charge in [-0.3, -0.25) is 4.79 Å². The average Bonchev–Trinajstić information content (AvgIpc) is 2.65. The molecule has 0 saturated heterocycles. The van der Waals surface area contributed by atoms with Gasteiger partial charge >= 0.3 is 0 Å². The Balaban J connectivity index is 1.65. The molecule has 0 atom stereocenters. The number of carbonyl (C=O) groups excluding carboxylic acids is 1. The van der Waals surface area contributed by atoms with Gasteiger partial charge in [0.2, 0.25) is 5.95 Å². The van der Waals surface area contributed by atoms with E-state index in [4.69, 9.17) is 0 Å². The van der Waals surface area contributed by atoms with Gasteiger partial charge in [0.05, 0.1) is 0 Å². The van der Waals surface area contributed by atoms with Crippen LogP contribution in [0.5, 0.6) is 0 Å². The Hall–Kier alpha value is -3.21. The Morgan fingerprint density at radius 1 is 1.00 bits per heavy atom.